The zero-order chi connectivity index (χ0) is 10.9. The van der Waals surface area contributed by atoms with E-state index in [1.807, 2.05) is 0 Å². The van der Waals surface area contributed by atoms with Gasteiger partial charge in [0.25, 0.3) is 0 Å². The van der Waals surface area contributed by atoms with E-state index >= 15 is 0 Å². The summed E-state index contributed by atoms with van der Waals surface area (Å²) in [7, 11) is 0. The summed E-state index contributed by atoms with van der Waals surface area (Å²) in [5, 5.41) is 0. The topological polar surface area (TPSA) is 0 Å². The molecule has 0 heterocycles. The van der Waals surface area contributed by atoms with E-state index in [1.54, 1.807) is 0 Å². The highest BCUT2D eigenvalue weighted by molar-refractivity contribution is 6.49. The molecule has 0 aromatic heterocycles. The van der Waals surface area contributed by atoms with Gasteiger partial charge in [-0.25, -0.2) is 0 Å². The molecule has 0 fully saturated rings. The molecule has 0 N–H and O–H groups in total. The number of hydrogen-bond donors (Lipinski definition) is 0. The predicted molar refractivity (Wildman–Crippen MR) is 40.8 cm³/mol. The van der Waals surface area contributed by atoms with Crippen LogP contribution in [0.2, 0.25) is 0 Å². The Hall–Kier alpha value is 0.520. The Kier molecular flexibility index (Phi) is 4.10. The summed E-state index contributed by atoms with van der Waals surface area (Å²) in [5.74, 6) is -5.66. The first-order valence-corrected chi connectivity index (χ1v) is 4.23. The van der Waals surface area contributed by atoms with Crippen molar-refractivity contribution in [1.82, 2.24) is 0 Å². The normalized spacial score (nSPS) is 14.8. The first kappa shape index (κ1) is 13.5. The average molecular weight is 265 g/mol. The number of alkyl halides is 8. The van der Waals surface area contributed by atoms with Gasteiger partial charge in [0.15, 0.2) is 4.33 Å². The largest absolute Gasteiger partial charge is 0.456 e. The fourth-order valence-electron chi connectivity index (χ4n) is 0.483. The summed E-state index contributed by atoms with van der Waals surface area (Å²) < 4.78 is 56.8. The third-order valence-electron chi connectivity index (χ3n) is 1.22. The molecule has 8 heteroatoms. The number of halogens is 8. The molecule has 0 rings (SSSR count). The highest BCUT2D eigenvalue weighted by atomic mass is 35.5. The molecular formula is C5H4Cl3F5. The van der Waals surface area contributed by atoms with Crippen molar-refractivity contribution in [1.29, 1.82) is 0 Å². The van der Waals surface area contributed by atoms with Crippen LogP contribution in [-0.4, -0.2) is 22.3 Å². The second-order valence-electron chi connectivity index (χ2n) is 2.22. The zero-order valence-electron chi connectivity index (χ0n) is 5.94. The molecule has 0 bridgehead atoms. The van der Waals surface area contributed by atoms with Gasteiger partial charge < -0.3 is 0 Å². The fraction of sp³-hybridized carbons (Fsp3) is 1.00. The molecule has 0 amide bonds. The summed E-state index contributed by atoms with van der Waals surface area (Å²) >= 11 is 14.6. The van der Waals surface area contributed by atoms with E-state index in [0.717, 1.165) is 0 Å². The predicted octanol–water partition coefficient (Wildman–Crippen LogP) is 3.99. The molecule has 0 aliphatic carbocycles. The molecule has 0 aromatic rings. The summed E-state index contributed by atoms with van der Waals surface area (Å²) in [5.41, 5.74) is 0. The molecule has 0 atom stereocenters. The Balaban J connectivity index is 4.81. The Morgan fingerprint density at radius 1 is 0.923 bits per heavy atom. The van der Waals surface area contributed by atoms with Gasteiger partial charge in [0, 0.05) is 12.3 Å². The van der Waals surface area contributed by atoms with E-state index in [2.05, 4.69) is 0 Å². The van der Waals surface area contributed by atoms with E-state index in [1.165, 1.54) is 0 Å². The Labute approximate surface area is 85.9 Å². The number of hydrogen-bond acceptors (Lipinski definition) is 0. The molecule has 0 aromatic carbocycles. The van der Waals surface area contributed by atoms with Crippen molar-refractivity contribution >= 4 is 34.8 Å². The van der Waals surface area contributed by atoms with E-state index in [0.29, 0.717) is 0 Å². The van der Waals surface area contributed by atoms with Crippen LogP contribution in [0.4, 0.5) is 22.0 Å². The Bertz CT molecular complexity index is 175. The van der Waals surface area contributed by atoms with Crippen LogP contribution in [0, 0.1) is 0 Å². The van der Waals surface area contributed by atoms with Crippen LogP contribution >= 0.6 is 34.8 Å². The maximum Gasteiger partial charge on any atom is 0.456 e. The van der Waals surface area contributed by atoms with Crippen molar-refractivity contribution in [2.24, 2.45) is 0 Å². The van der Waals surface area contributed by atoms with Gasteiger partial charge >= 0.3 is 12.1 Å². The van der Waals surface area contributed by atoms with Crippen molar-refractivity contribution in [3.63, 3.8) is 0 Å². The van der Waals surface area contributed by atoms with Crippen molar-refractivity contribution in [3.05, 3.63) is 0 Å². The lowest BCUT2D eigenvalue weighted by molar-refractivity contribution is -0.287. The molecule has 0 unspecified atom stereocenters. The van der Waals surface area contributed by atoms with Crippen LogP contribution < -0.4 is 0 Å². The summed E-state index contributed by atoms with van der Waals surface area (Å²) in [6.07, 6.45) is -6.63. The second kappa shape index (κ2) is 3.95. The monoisotopic (exact) mass is 264 g/mol. The van der Waals surface area contributed by atoms with E-state index in [9.17, 15) is 22.0 Å². The van der Waals surface area contributed by atoms with E-state index in [-0.39, 0.29) is 0 Å². The molecule has 13 heavy (non-hydrogen) atoms. The van der Waals surface area contributed by atoms with Crippen LogP contribution in [0.25, 0.3) is 0 Å². The molecule has 0 aliphatic rings. The lowest BCUT2D eigenvalue weighted by Crippen LogP contribution is -2.50. The van der Waals surface area contributed by atoms with Crippen molar-refractivity contribution in [2.45, 2.75) is 22.9 Å². The Morgan fingerprint density at radius 2 is 1.31 bits per heavy atom. The summed E-state index contributed by atoms with van der Waals surface area (Å²) in [4.78, 5) is 0. The van der Waals surface area contributed by atoms with Gasteiger partial charge in [0.2, 0.25) is 0 Å². The molecule has 80 valence electrons. The van der Waals surface area contributed by atoms with Gasteiger partial charge in [-0.05, 0) is 0 Å². The molecule has 0 nitrogen and oxygen atoms in total. The first-order valence-electron chi connectivity index (χ1n) is 2.94. The summed E-state index contributed by atoms with van der Waals surface area (Å²) in [6.45, 7) is 0. The molecule has 0 saturated heterocycles. The SMILES string of the molecule is FC(F)(F)C(F)(F)C(Cl)(Cl)CCCl. The minimum absolute atomic E-state index is 0.487. The molecule has 0 radical (unpaired) electrons. The van der Waals surface area contributed by atoms with E-state index < -0.39 is 28.7 Å². The summed E-state index contributed by atoms with van der Waals surface area (Å²) in [6, 6.07) is 0. The van der Waals surface area contributed by atoms with E-state index in [4.69, 9.17) is 34.8 Å². The van der Waals surface area contributed by atoms with Gasteiger partial charge in [-0.3, -0.25) is 0 Å². The molecule has 0 spiro atoms. The fourth-order valence-corrected chi connectivity index (χ4v) is 1.36. The van der Waals surface area contributed by atoms with Crippen molar-refractivity contribution in [2.75, 3.05) is 5.88 Å². The smallest absolute Gasteiger partial charge is 0.193 e. The molecular weight excluding hydrogens is 261 g/mol. The van der Waals surface area contributed by atoms with Crippen LogP contribution in [0.5, 0.6) is 0 Å². The van der Waals surface area contributed by atoms with Crippen LogP contribution in [0.1, 0.15) is 6.42 Å². The van der Waals surface area contributed by atoms with Crippen molar-refractivity contribution in [3.8, 4) is 0 Å². The minimum atomic E-state index is -5.78. The second-order valence-corrected chi connectivity index (χ2v) is 4.08. The maximum absolute atomic E-state index is 12.4. The van der Waals surface area contributed by atoms with Crippen LogP contribution in [0.15, 0.2) is 0 Å². The average Bonchev–Trinajstić information content (AvgIpc) is 1.84. The van der Waals surface area contributed by atoms with Gasteiger partial charge in [0.05, 0.1) is 0 Å². The third kappa shape index (κ3) is 2.73. The zero-order valence-corrected chi connectivity index (χ0v) is 8.21. The van der Waals surface area contributed by atoms with Gasteiger partial charge in [0.1, 0.15) is 0 Å². The third-order valence-corrected chi connectivity index (χ3v) is 2.27. The van der Waals surface area contributed by atoms with Gasteiger partial charge in [-0.15, -0.1) is 11.6 Å². The lowest BCUT2D eigenvalue weighted by atomic mass is 10.2. The minimum Gasteiger partial charge on any atom is -0.193 e. The van der Waals surface area contributed by atoms with Gasteiger partial charge in [-0.1, -0.05) is 23.2 Å². The highest BCUT2D eigenvalue weighted by Crippen LogP contribution is 2.50. The van der Waals surface area contributed by atoms with Crippen LogP contribution in [-0.2, 0) is 0 Å². The first-order chi connectivity index (χ1) is 5.56. The molecule has 0 aliphatic heterocycles. The van der Waals surface area contributed by atoms with Crippen molar-refractivity contribution < 1.29 is 22.0 Å². The van der Waals surface area contributed by atoms with Gasteiger partial charge in [-0.2, -0.15) is 22.0 Å². The Morgan fingerprint density at radius 3 is 1.54 bits per heavy atom. The lowest BCUT2D eigenvalue weighted by Gasteiger charge is -2.30. The highest BCUT2D eigenvalue weighted by Gasteiger charge is 2.69. The number of rotatable bonds is 3. The molecule has 0 saturated carbocycles. The van der Waals surface area contributed by atoms with Crippen LogP contribution in [0.3, 0.4) is 0 Å². The quantitative estimate of drug-likeness (QED) is 0.535. The maximum atomic E-state index is 12.4. The standard InChI is InChI=1S/C5H4Cl3F5/c6-2-1-3(7,8)4(9,10)5(11,12)13/h1-2H2.